The first-order valence-corrected chi connectivity index (χ1v) is 10.7. The average molecular weight is 388 g/mol. The predicted octanol–water partition coefficient (Wildman–Crippen LogP) is 3.52. The van der Waals surface area contributed by atoms with Gasteiger partial charge in [-0.25, -0.2) is 4.79 Å². The number of nitrogens with one attached hydrogen (secondary N) is 1. The number of esters is 1. The summed E-state index contributed by atoms with van der Waals surface area (Å²) < 4.78 is 4.96. The number of likely N-dealkylation sites (tertiary alicyclic amines) is 2. The highest BCUT2D eigenvalue weighted by atomic mass is 16.5. The standard InChI is InChI=1S/C22H33N3O3/c1-2-28-21(26)16-18-6-8-20(9-7-18)23-22(27)25-14-10-19(11-15-25)17-24-12-4-3-5-13-24/h6-9,19H,2-5,10-17H2,1H3,(H,23,27). The monoisotopic (exact) mass is 387 g/mol. The summed E-state index contributed by atoms with van der Waals surface area (Å²) in [6.07, 6.45) is 6.47. The molecule has 2 amide bonds. The number of amides is 2. The third-order valence-corrected chi connectivity index (χ3v) is 5.73. The van der Waals surface area contributed by atoms with Crippen LogP contribution >= 0.6 is 0 Å². The van der Waals surface area contributed by atoms with Gasteiger partial charge in [-0.05, 0) is 69.3 Å². The Morgan fingerprint density at radius 3 is 2.36 bits per heavy atom. The number of carbonyl (C=O) groups is 2. The maximum atomic E-state index is 12.5. The number of hydrogen-bond donors (Lipinski definition) is 1. The van der Waals surface area contributed by atoms with Crippen LogP contribution in [0.25, 0.3) is 0 Å². The Bertz CT molecular complexity index is 633. The summed E-state index contributed by atoms with van der Waals surface area (Å²) in [4.78, 5) is 28.6. The van der Waals surface area contributed by atoms with Gasteiger partial charge in [-0.3, -0.25) is 4.79 Å². The number of anilines is 1. The molecule has 0 bridgehead atoms. The molecule has 6 nitrogen and oxygen atoms in total. The first-order valence-electron chi connectivity index (χ1n) is 10.7. The largest absolute Gasteiger partial charge is 0.466 e. The molecule has 0 aromatic heterocycles. The second-order valence-corrected chi connectivity index (χ2v) is 7.90. The zero-order valence-electron chi connectivity index (χ0n) is 17.0. The van der Waals surface area contributed by atoms with Crippen molar-refractivity contribution in [1.29, 1.82) is 0 Å². The Hall–Kier alpha value is -2.08. The molecule has 2 aliphatic heterocycles. The van der Waals surface area contributed by atoms with Crippen molar-refractivity contribution in [2.24, 2.45) is 5.92 Å². The Morgan fingerprint density at radius 1 is 1.04 bits per heavy atom. The SMILES string of the molecule is CCOC(=O)Cc1ccc(NC(=O)N2CCC(CN3CCCCC3)CC2)cc1. The van der Waals surface area contributed by atoms with Crippen LogP contribution in [0.5, 0.6) is 0 Å². The summed E-state index contributed by atoms with van der Waals surface area (Å²) in [6, 6.07) is 7.37. The van der Waals surface area contributed by atoms with Gasteiger partial charge in [0.05, 0.1) is 13.0 Å². The minimum Gasteiger partial charge on any atom is -0.466 e. The summed E-state index contributed by atoms with van der Waals surface area (Å²) in [5.74, 6) is 0.482. The maximum Gasteiger partial charge on any atom is 0.321 e. The number of nitrogens with zero attached hydrogens (tertiary/aromatic N) is 2. The lowest BCUT2D eigenvalue weighted by atomic mass is 9.95. The van der Waals surface area contributed by atoms with E-state index in [0.717, 1.165) is 37.2 Å². The fourth-order valence-corrected chi connectivity index (χ4v) is 4.11. The molecule has 2 heterocycles. The number of benzene rings is 1. The van der Waals surface area contributed by atoms with Crippen LogP contribution in [0.15, 0.2) is 24.3 Å². The zero-order chi connectivity index (χ0) is 19.8. The van der Waals surface area contributed by atoms with Gasteiger partial charge in [0.25, 0.3) is 0 Å². The van der Waals surface area contributed by atoms with Crippen LogP contribution in [-0.4, -0.2) is 61.1 Å². The molecule has 0 atom stereocenters. The molecule has 28 heavy (non-hydrogen) atoms. The van der Waals surface area contributed by atoms with E-state index in [9.17, 15) is 9.59 Å². The van der Waals surface area contributed by atoms with Crippen LogP contribution in [-0.2, 0) is 16.0 Å². The molecule has 0 spiro atoms. The Balaban J connectivity index is 1.40. The van der Waals surface area contributed by atoms with Gasteiger partial charge in [-0.15, -0.1) is 0 Å². The van der Waals surface area contributed by atoms with E-state index in [1.807, 2.05) is 29.2 Å². The lowest BCUT2D eigenvalue weighted by Crippen LogP contribution is -2.44. The third-order valence-electron chi connectivity index (χ3n) is 5.73. The molecule has 2 aliphatic rings. The number of urea groups is 1. The molecule has 6 heteroatoms. The molecule has 1 aromatic carbocycles. The van der Waals surface area contributed by atoms with E-state index in [2.05, 4.69) is 10.2 Å². The van der Waals surface area contributed by atoms with Crippen LogP contribution in [0, 0.1) is 5.92 Å². The number of hydrogen-bond acceptors (Lipinski definition) is 4. The van der Waals surface area contributed by atoms with E-state index in [1.165, 1.54) is 38.9 Å². The van der Waals surface area contributed by atoms with Crippen LogP contribution in [0.2, 0.25) is 0 Å². The topological polar surface area (TPSA) is 61.9 Å². The summed E-state index contributed by atoms with van der Waals surface area (Å²) >= 11 is 0. The van der Waals surface area contributed by atoms with Gasteiger partial charge in [-0.1, -0.05) is 18.6 Å². The lowest BCUT2D eigenvalue weighted by Gasteiger charge is -2.36. The fraction of sp³-hybridized carbons (Fsp3) is 0.636. The number of carbonyl (C=O) groups excluding carboxylic acids is 2. The van der Waals surface area contributed by atoms with E-state index < -0.39 is 0 Å². The van der Waals surface area contributed by atoms with Crippen molar-refractivity contribution in [2.45, 2.75) is 45.4 Å². The summed E-state index contributed by atoms with van der Waals surface area (Å²) in [5, 5.41) is 2.97. The van der Waals surface area contributed by atoms with Crippen LogP contribution in [0.4, 0.5) is 10.5 Å². The van der Waals surface area contributed by atoms with Gasteiger partial charge in [0.1, 0.15) is 0 Å². The van der Waals surface area contributed by atoms with Gasteiger partial charge in [0, 0.05) is 25.3 Å². The maximum absolute atomic E-state index is 12.5. The third kappa shape index (κ3) is 6.23. The highest BCUT2D eigenvalue weighted by Gasteiger charge is 2.24. The van der Waals surface area contributed by atoms with E-state index >= 15 is 0 Å². The van der Waals surface area contributed by atoms with Crippen molar-refractivity contribution in [2.75, 3.05) is 44.6 Å². The quantitative estimate of drug-likeness (QED) is 0.759. The first kappa shape index (κ1) is 20.6. The van der Waals surface area contributed by atoms with Crippen LogP contribution in [0.3, 0.4) is 0 Å². The minimum atomic E-state index is -0.230. The van der Waals surface area contributed by atoms with Gasteiger partial charge in [0.2, 0.25) is 0 Å². The van der Waals surface area contributed by atoms with Crippen LogP contribution in [0.1, 0.15) is 44.6 Å². The summed E-state index contributed by atoms with van der Waals surface area (Å²) in [5.41, 5.74) is 1.64. The molecule has 1 aromatic rings. The van der Waals surface area contributed by atoms with E-state index in [-0.39, 0.29) is 18.4 Å². The van der Waals surface area contributed by atoms with Gasteiger partial charge in [0.15, 0.2) is 0 Å². The highest BCUT2D eigenvalue weighted by molar-refractivity contribution is 5.89. The van der Waals surface area contributed by atoms with Gasteiger partial charge < -0.3 is 19.9 Å². The minimum absolute atomic E-state index is 0.0328. The van der Waals surface area contributed by atoms with Crippen molar-refractivity contribution >= 4 is 17.7 Å². The molecule has 1 N–H and O–H groups in total. The first-order chi connectivity index (χ1) is 13.6. The smallest absolute Gasteiger partial charge is 0.321 e. The number of ether oxygens (including phenoxy) is 1. The van der Waals surface area contributed by atoms with E-state index in [1.54, 1.807) is 6.92 Å². The second-order valence-electron chi connectivity index (χ2n) is 7.90. The second kappa shape index (κ2) is 10.5. The molecule has 154 valence electrons. The highest BCUT2D eigenvalue weighted by Crippen LogP contribution is 2.21. The van der Waals surface area contributed by atoms with Crippen molar-refractivity contribution < 1.29 is 14.3 Å². The molecular weight excluding hydrogens is 354 g/mol. The van der Waals surface area contributed by atoms with Gasteiger partial charge >= 0.3 is 12.0 Å². The lowest BCUT2D eigenvalue weighted by molar-refractivity contribution is -0.142. The Morgan fingerprint density at radius 2 is 1.71 bits per heavy atom. The van der Waals surface area contributed by atoms with Crippen molar-refractivity contribution in [1.82, 2.24) is 9.80 Å². The molecule has 3 rings (SSSR count). The van der Waals surface area contributed by atoms with Crippen molar-refractivity contribution in [3.8, 4) is 0 Å². The molecule has 0 unspecified atom stereocenters. The summed E-state index contributed by atoms with van der Waals surface area (Å²) in [7, 11) is 0. The average Bonchev–Trinajstić information content (AvgIpc) is 2.71. The molecule has 0 radical (unpaired) electrons. The van der Waals surface area contributed by atoms with Crippen molar-refractivity contribution in [3.63, 3.8) is 0 Å². The van der Waals surface area contributed by atoms with Crippen molar-refractivity contribution in [3.05, 3.63) is 29.8 Å². The van der Waals surface area contributed by atoms with Gasteiger partial charge in [-0.2, -0.15) is 0 Å². The predicted molar refractivity (Wildman–Crippen MR) is 110 cm³/mol. The molecule has 2 fully saturated rings. The zero-order valence-corrected chi connectivity index (χ0v) is 17.0. The molecule has 0 aliphatic carbocycles. The Labute approximate surface area is 168 Å². The van der Waals surface area contributed by atoms with E-state index in [4.69, 9.17) is 4.74 Å². The molecule has 2 saturated heterocycles. The number of rotatable bonds is 6. The fourth-order valence-electron chi connectivity index (χ4n) is 4.11. The van der Waals surface area contributed by atoms with Crippen LogP contribution < -0.4 is 5.32 Å². The summed E-state index contributed by atoms with van der Waals surface area (Å²) in [6.45, 7) is 7.52. The molecular formula is C22H33N3O3. The normalized spacial score (nSPS) is 18.7. The number of piperidine rings is 2. The molecule has 0 saturated carbocycles. The van der Waals surface area contributed by atoms with E-state index in [0.29, 0.717) is 12.5 Å². The Kier molecular flexibility index (Phi) is 7.71.